The molecule has 4 rings (SSSR count). The average Bonchev–Trinajstić information content (AvgIpc) is 3.58. The second kappa shape index (κ2) is 8.42. The molecule has 8 heteroatoms. The van der Waals surface area contributed by atoms with Crippen LogP contribution in [0.2, 0.25) is 0 Å². The van der Waals surface area contributed by atoms with Gasteiger partial charge in [-0.15, -0.1) is 0 Å². The Bertz CT molecular complexity index is 1170. The molecule has 2 aromatic rings. The van der Waals surface area contributed by atoms with Gasteiger partial charge in [0, 0.05) is 11.5 Å². The molecule has 0 radical (unpaired) electrons. The molecule has 0 spiro atoms. The maximum absolute atomic E-state index is 15.1. The minimum Gasteiger partial charge on any atom is -0.310 e. The number of aromatic nitrogens is 1. The number of fused-ring (bicyclic) bond motifs is 1. The van der Waals surface area contributed by atoms with E-state index in [1.807, 2.05) is 6.08 Å². The molecule has 1 fully saturated rings. The molecule has 31 heavy (non-hydrogen) atoms. The van der Waals surface area contributed by atoms with E-state index in [2.05, 4.69) is 21.1 Å². The predicted molar refractivity (Wildman–Crippen MR) is 121 cm³/mol. The second-order valence-corrected chi connectivity index (χ2v) is 10.1. The van der Waals surface area contributed by atoms with Crippen LogP contribution in [0.25, 0.3) is 17.2 Å². The molecule has 1 amide bonds. The quantitative estimate of drug-likeness (QED) is 0.680. The van der Waals surface area contributed by atoms with Crippen LogP contribution in [-0.4, -0.2) is 25.1 Å². The first-order valence-electron chi connectivity index (χ1n) is 10.6. The Labute approximate surface area is 182 Å². The number of rotatable bonds is 6. The molecule has 1 saturated carbocycles. The van der Waals surface area contributed by atoms with Crippen LogP contribution < -0.4 is 10.0 Å². The minimum absolute atomic E-state index is 0.0326. The molecule has 0 bridgehead atoms. The highest BCUT2D eigenvalue weighted by Gasteiger charge is 2.30. The summed E-state index contributed by atoms with van der Waals surface area (Å²) in [7, 11) is -3.59. The molecule has 1 aromatic heterocycles. The van der Waals surface area contributed by atoms with Gasteiger partial charge in [-0.3, -0.25) is 9.52 Å². The first-order valence-corrected chi connectivity index (χ1v) is 12.3. The van der Waals surface area contributed by atoms with Gasteiger partial charge in [-0.2, -0.15) is 0 Å². The van der Waals surface area contributed by atoms with Crippen LogP contribution in [0.15, 0.2) is 24.3 Å². The van der Waals surface area contributed by atoms with Gasteiger partial charge in [0.2, 0.25) is 15.9 Å². The van der Waals surface area contributed by atoms with Crippen molar-refractivity contribution in [1.82, 2.24) is 4.98 Å². The number of aryl methyl sites for hydroxylation is 1. The van der Waals surface area contributed by atoms with E-state index < -0.39 is 15.8 Å². The van der Waals surface area contributed by atoms with Crippen LogP contribution in [0.3, 0.4) is 0 Å². The molecule has 2 aliphatic carbocycles. The number of benzene rings is 1. The summed E-state index contributed by atoms with van der Waals surface area (Å²) in [4.78, 5) is 17.0. The van der Waals surface area contributed by atoms with E-state index in [9.17, 15) is 13.2 Å². The lowest BCUT2D eigenvalue weighted by Crippen LogP contribution is -2.16. The lowest BCUT2D eigenvalue weighted by Gasteiger charge is -2.17. The third kappa shape index (κ3) is 4.63. The van der Waals surface area contributed by atoms with Crippen LogP contribution in [0, 0.1) is 18.7 Å². The van der Waals surface area contributed by atoms with Crippen molar-refractivity contribution in [1.29, 1.82) is 0 Å². The highest BCUT2D eigenvalue weighted by molar-refractivity contribution is 7.92. The van der Waals surface area contributed by atoms with Crippen molar-refractivity contribution < 1.29 is 17.6 Å². The van der Waals surface area contributed by atoms with Crippen molar-refractivity contribution in [2.24, 2.45) is 5.92 Å². The Kier molecular flexibility index (Phi) is 5.83. The molecule has 0 atom stereocenters. The zero-order valence-electron chi connectivity index (χ0n) is 17.7. The van der Waals surface area contributed by atoms with E-state index in [1.54, 1.807) is 19.1 Å². The number of nitrogens with one attached hydrogen (secondary N) is 2. The van der Waals surface area contributed by atoms with Crippen LogP contribution >= 0.6 is 0 Å². The number of carbonyl (C=O) groups is 1. The van der Waals surface area contributed by atoms with Gasteiger partial charge in [0.1, 0.15) is 5.82 Å². The molecule has 164 valence electrons. The highest BCUT2D eigenvalue weighted by atomic mass is 32.2. The zero-order valence-corrected chi connectivity index (χ0v) is 18.5. The lowest BCUT2D eigenvalue weighted by atomic mass is 9.94. The Hall–Kier alpha value is -2.74. The standard InChI is InChI=1S/C23H26FN3O3S/c1-3-31(29,30)27-20-12-11-16(14(2)22(20)24)18-13-21(26-23(28)15-9-10-15)25-19-8-6-4-5-7-17(18)19/h5,7,11-13,15,27H,3-4,6,8-10H2,1-2H3,(H,25,26,28). The number of nitrogens with zero attached hydrogens (tertiary/aromatic N) is 1. The van der Waals surface area contributed by atoms with Crippen LogP contribution in [0.4, 0.5) is 15.9 Å². The summed E-state index contributed by atoms with van der Waals surface area (Å²) in [5, 5.41) is 2.91. The van der Waals surface area contributed by atoms with Crippen molar-refractivity contribution in [3.8, 4) is 11.1 Å². The number of amides is 1. The van der Waals surface area contributed by atoms with Crippen molar-refractivity contribution in [2.75, 3.05) is 15.8 Å². The number of carbonyl (C=O) groups excluding carboxylic acids is 1. The van der Waals surface area contributed by atoms with E-state index in [0.29, 0.717) is 16.9 Å². The largest absolute Gasteiger partial charge is 0.310 e. The predicted octanol–water partition coefficient (Wildman–Crippen LogP) is 4.66. The molecule has 2 aliphatic rings. The number of halogens is 1. The van der Waals surface area contributed by atoms with Gasteiger partial charge >= 0.3 is 0 Å². The molecule has 6 nitrogen and oxygen atoms in total. The number of hydrogen-bond acceptors (Lipinski definition) is 4. The fourth-order valence-corrected chi connectivity index (χ4v) is 4.37. The van der Waals surface area contributed by atoms with Gasteiger partial charge in [0.25, 0.3) is 0 Å². The summed E-state index contributed by atoms with van der Waals surface area (Å²) in [6.07, 6.45) is 8.50. The Morgan fingerprint density at radius 2 is 2.03 bits per heavy atom. The van der Waals surface area contributed by atoms with Gasteiger partial charge in [-0.25, -0.2) is 17.8 Å². The van der Waals surface area contributed by atoms with Crippen molar-refractivity contribution in [3.05, 3.63) is 46.9 Å². The van der Waals surface area contributed by atoms with Crippen LogP contribution in [0.1, 0.15) is 49.4 Å². The van der Waals surface area contributed by atoms with Gasteiger partial charge in [-0.05, 0) is 74.8 Å². The SMILES string of the molecule is CCS(=O)(=O)Nc1ccc(-c2cc(NC(=O)C3CC3)nc3c2C=CCCC3)c(C)c1F. The number of hydrogen-bond donors (Lipinski definition) is 2. The fourth-order valence-electron chi connectivity index (χ4n) is 3.73. The summed E-state index contributed by atoms with van der Waals surface area (Å²) in [5.41, 5.74) is 3.46. The first-order chi connectivity index (χ1) is 14.8. The number of allylic oxidation sites excluding steroid dienone is 1. The molecule has 0 unspecified atom stereocenters. The van der Waals surface area contributed by atoms with Crippen LogP contribution in [0.5, 0.6) is 0 Å². The van der Waals surface area contributed by atoms with E-state index in [-0.39, 0.29) is 23.3 Å². The van der Waals surface area contributed by atoms with Gasteiger partial charge in [-0.1, -0.05) is 18.2 Å². The zero-order chi connectivity index (χ0) is 22.2. The summed E-state index contributed by atoms with van der Waals surface area (Å²) < 4.78 is 41.2. The molecule has 0 aliphatic heterocycles. The topological polar surface area (TPSA) is 88.2 Å². The van der Waals surface area contributed by atoms with Crippen molar-refractivity contribution in [3.63, 3.8) is 0 Å². The third-order valence-corrected chi connectivity index (χ3v) is 7.02. The van der Waals surface area contributed by atoms with Crippen molar-refractivity contribution >= 4 is 33.5 Å². The summed E-state index contributed by atoms with van der Waals surface area (Å²) in [6.45, 7) is 3.13. The summed E-state index contributed by atoms with van der Waals surface area (Å²) >= 11 is 0. The van der Waals surface area contributed by atoms with E-state index in [1.165, 1.54) is 13.0 Å². The van der Waals surface area contributed by atoms with Crippen molar-refractivity contribution in [2.45, 2.75) is 46.0 Å². The van der Waals surface area contributed by atoms with Crippen LogP contribution in [-0.2, 0) is 21.2 Å². The first kappa shape index (κ1) is 21.5. The number of anilines is 2. The summed E-state index contributed by atoms with van der Waals surface area (Å²) in [5.74, 6) is -0.262. The molecular weight excluding hydrogens is 417 g/mol. The molecule has 1 heterocycles. The number of pyridine rings is 1. The molecule has 1 aromatic carbocycles. The van der Waals surface area contributed by atoms with E-state index in [0.717, 1.165) is 48.9 Å². The maximum atomic E-state index is 15.1. The summed E-state index contributed by atoms with van der Waals surface area (Å²) in [6, 6.07) is 4.94. The normalized spacial score (nSPS) is 15.8. The fraction of sp³-hybridized carbons (Fsp3) is 0.391. The lowest BCUT2D eigenvalue weighted by molar-refractivity contribution is -0.117. The van der Waals surface area contributed by atoms with Gasteiger partial charge in [0.05, 0.1) is 17.1 Å². The molecular formula is C23H26FN3O3S. The van der Waals surface area contributed by atoms with E-state index in [4.69, 9.17) is 0 Å². The third-order valence-electron chi connectivity index (χ3n) is 5.73. The Morgan fingerprint density at radius 3 is 2.74 bits per heavy atom. The number of sulfonamides is 1. The van der Waals surface area contributed by atoms with Gasteiger partial charge in [0.15, 0.2) is 5.82 Å². The average molecular weight is 444 g/mol. The van der Waals surface area contributed by atoms with E-state index >= 15 is 4.39 Å². The van der Waals surface area contributed by atoms with Gasteiger partial charge < -0.3 is 5.32 Å². The smallest absolute Gasteiger partial charge is 0.232 e. The second-order valence-electron chi connectivity index (χ2n) is 8.08. The monoisotopic (exact) mass is 443 g/mol. The highest BCUT2D eigenvalue weighted by Crippen LogP contribution is 2.37. The minimum atomic E-state index is -3.59. The maximum Gasteiger partial charge on any atom is 0.232 e. The Balaban J connectivity index is 1.80. The molecule has 2 N–H and O–H groups in total. The Morgan fingerprint density at radius 1 is 1.26 bits per heavy atom. The molecule has 0 saturated heterocycles.